The number of methoxy groups -OCH3 is 1. The molecule has 0 atom stereocenters. The fourth-order valence-electron chi connectivity index (χ4n) is 4.25. The lowest BCUT2D eigenvalue weighted by atomic mass is 10.1. The molecule has 0 aliphatic carbocycles. The quantitative estimate of drug-likeness (QED) is 0.332. The molecule has 186 valence electrons. The minimum absolute atomic E-state index is 0.287. The van der Waals surface area contributed by atoms with Crippen LogP contribution in [0.3, 0.4) is 0 Å². The first-order chi connectivity index (χ1) is 17.3. The van der Waals surface area contributed by atoms with E-state index in [1.165, 1.54) is 0 Å². The molecule has 3 N–H and O–H groups in total. The molecular weight excluding hydrogens is 456 g/mol. The Morgan fingerprint density at radius 1 is 1.14 bits per heavy atom. The van der Waals surface area contributed by atoms with Crippen molar-refractivity contribution in [3.05, 3.63) is 60.7 Å². The number of aromatic amines is 2. The van der Waals surface area contributed by atoms with Gasteiger partial charge in [-0.3, -0.25) is 0 Å². The number of H-pyrrole nitrogens is 2. The van der Waals surface area contributed by atoms with Gasteiger partial charge in [-0.2, -0.15) is 0 Å². The summed E-state index contributed by atoms with van der Waals surface area (Å²) in [6.07, 6.45) is 5.92. The van der Waals surface area contributed by atoms with Gasteiger partial charge in [0.15, 0.2) is 0 Å². The van der Waals surface area contributed by atoms with E-state index < -0.39 is 5.60 Å². The Labute approximate surface area is 209 Å². The molecule has 0 bridgehead atoms. The molecular formula is C27H30N6O3. The van der Waals surface area contributed by atoms with Gasteiger partial charge in [0.05, 0.1) is 12.5 Å². The number of hydrogen-bond donors (Lipinski definition) is 3. The molecule has 0 spiro atoms. The van der Waals surface area contributed by atoms with E-state index in [0.29, 0.717) is 18.9 Å². The van der Waals surface area contributed by atoms with Gasteiger partial charge in [-0.05, 0) is 69.2 Å². The van der Waals surface area contributed by atoms with Crippen LogP contribution < -0.4 is 10.1 Å². The number of nitrogens with one attached hydrogen (secondary N) is 3. The van der Waals surface area contributed by atoms with Crippen molar-refractivity contribution >= 4 is 34.2 Å². The average Bonchev–Trinajstić information content (AvgIpc) is 3.54. The smallest absolute Gasteiger partial charge is 0.410 e. The van der Waals surface area contributed by atoms with Gasteiger partial charge in [0, 0.05) is 41.9 Å². The largest absolute Gasteiger partial charge is 0.496 e. The standard InChI is InChI=1S/C27H30N6O3/c1-27(2,3)36-26(34)33-12-9-17(10-13-33)22-15-20-24(29-16-30-25(20)32-22)31-18-7-8-23(35-4)19(14-18)21-6-5-11-28-21/h5-9,11,14-16,28H,10,12-13H2,1-4H3,(H2,29,30,31,32). The molecule has 4 aromatic rings. The highest BCUT2D eigenvalue weighted by atomic mass is 16.6. The third-order valence-electron chi connectivity index (χ3n) is 5.98. The highest BCUT2D eigenvalue weighted by Crippen LogP contribution is 2.34. The summed E-state index contributed by atoms with van der Waals surface area (Å²) in [7, 11) is 1.66. The van der Waals surface area contributed by atoms with Crippen molar-refractivity contribution in [3.8, 4) is 17.0 Å². The average molecular weight is 487 g/mol. The van der Waals surface area contributed by atoms with Crippen molar-refractivity contribution in [2.24, 2.45) is 0 Å². The lowest BCUT2D eigenvalue weighted by molar-refractivity contribution is 0.0270. The zero-order valence-corrected chi connectivity index (χ0v) is 20.9. The highest BCUT2D eigenvalue weighted by Gasteiger charge is 2.24. The molecule has 36 heavy (non-hydrogen) atoms. The summed E-state index contributed by atoms with van der Waals surface area (Å²) in [5.74, 6) is 1.49. The summed E-state index contributed by atoms with van der Waals surface area (Å²) in [5, 5.41) is 4.32. The van der Waals surface area contributed by atoms with E-state index in [9.17, 15) is 4.79 Å². The Morgan fingerprint density at radius 3 is 2.69 bits per heavy atom. The monoisotopic (exact) mass is 486 g/mol. The molecule has 0 radical (unpaired) electrons. The van der Waals surface area contributed by atoms with Gasteiger partial charge in [0.2, 0.25) is 0 Å². The van der Waals surface area contributed by atoms with Crippen molar-refractivity contribution in [2.45, 2.75) is 32.8 Å². The number of anilines is 2. The number of carbonyl (C=O) groups is 1. The van der Waals surface area contributed by atoms with Crippen LogP contribution >= 0.6 is 0 Å². The maximum atomic E-state index is 12.4. The van der Waals surface area contributed by atoms with Crippen molar-refractivity contribution in [1.29, 1.82) is 0 Å². The Kier molecular flexibility index (Phi) is 6.13. The summed E-state index contributed by atoms with van der Waals surface area (Å²) < 4.78 is 11.0. The SMILES string of the molecule is COc1ccc(Nc2ncnc3[nH]c(C4=CCN(C(=O)OC(C)(C)C)CC4)cc23)cc1-c1ccc[nH]1. The zero-order valence-electron chi connectivity index (χ0n) is 20.9. The molecule has 4 heterocycles. The van der Waals surface area contributed by atoms with Crippen LogP contribution in [0.1, 0.15) is 32.9 Å². The fraction of sp³-hybridized carbons (Fsp3) is 0.296. The summed E-state index contributed by atoms with van der Waals surface area (Å²) in [5.41, 5.74) is 5.15. The molecule has 5 rings (SSSR count). The summed E-state index contributed by atoms with van der Waals surface area (Å²) >= 11 is 0. The van der Waals surface area contributed by atoms with E-state index in [-0.39, 0.29) is 6.09 Å². The first-order valence-electron chi connectivity index (χ1n) is 11.9. The van der Waals surface area contributed by atoms with Gasteiger partial charge >= 0.3 is 6.09 Å². The number of nitrogens with zero attached hydrogens (tertiary/aromatic N) is 3. The Hall–Kier alpha value is -4.27. The molecule has 1 aliphatic rings. The van der Waals surface area contributed by atoms with Gasteiger partial charge in [0.25, 0.3) is 0 Å². The van der Waals surface area contributed by atoms with Crippen LogP contribution in [-0.4, -0.2) is 56.7 Å². The van der Waals surface area contributed by atoms with E-state index >= 15 is 0 Å². The van der Waals surface area contributed by atoms with Crippen molar-refractivity contribution in [3.63, 3.8) is 0 Å². The molecule has 1 aromatic carbocycles. The maximum absolute atomic E-state index is 12.4. The predicted octanol–water partition coefficient (Wildman–Crippen LogP) is 5.73. The van der Waals surface area contributed by atoms with Gasteiger partial charge in [-0.15, -0.1) is 0 Å². The Bertz CT molecular complexity index is 1420. The summed E-state index contributed by atoms with van der Waals surface area (Å²) in [6, 6.07) is 11.9. The lowest BCUT2D eigenvalue weighted by Gasteiger charge is -2.29. The van der Waals surface area contributed by atoms with Crippen LogP contribution in [0, 0.1) is 0 Å². The van der Waals surface area contributed by atoms with E-state index in [1.807, 2.05) is 57.3 Å². The summed E-state index contributed by atoms with van der Waals surface area (Å²) in [4.78, 5) is 29.7. The first-order valence-corrected chi connectivity index (χ1v) is 11.9. The molecule has 0 saturated carbocycles. The van der Waals surface area contributed by atoms with Crippen LogP contribution in [0.25, 0.3) is 27.9 Å². The van der Waals surface area contributed by atoms with Crippen LogP contribution in [0.2, 0.25) is 0 Å². The molecule has 0 unspecified atom stereocenters. The van der Waals surface area contributed by atoms with Crippen molar-refractivity contribution in [2.75, 3.05) is 25.5 Å². The fourth-order valence-corrected chi connectivity index (χ4v) is 4.25. The van der Waals surface area contributed by atoms with E-state index in [1.54, 1.807) is 18.3 Å². The van der Waals surface area contributed by atoms with E-state index in [0.717, 1.165) is 51.4 Å². The topological polar surface area (TPSA) is 108 Å². The second-order valence-electron chi connectivity index (χ2n) is 9.70. The Morgan fingerprint density at radius 2 is 2.00 bits per heavy atom. The second kappa shape index (κ2) is 9.41. The minimum Gasteiger partial charge on any atom is -0.496 e. The molecule has 9 nitrogen and oxygen atoms in total. The molecule has 1 amide bonds. The summed E-state index contributed by atoms with van der Waals surface area (Å²) in [6.45, 7) is 6.73. The first kappa shape index (κ1) is 23.5. The zero-order chi connectivity index (χ0) is 25.3. The third-order valence-corrected chi connectivity index (χ3v) is 5.98. The number of amides is 1. The molecule has 0 saturated heterocycles. The van der Waals surface area contributed by atoms with Crippen molar-refractivity contribution < 1.29 is 14.3 Å². The Balaban J connectivity index is 1.38. The molecule has 0 fully saturated rings. The lowest BCUT2D eigenvalue weighted by Crippen LogP contribution is -2.39. The number of benzene rings is 1. The number of aromatic nitrogens is 4. The number of fused-ring (bicyclic) bond motifs is 1. The predicted molar refractivity (Wildman–Crippen MR) is 140 cm³/mol. The number of rotatable bonds is 5. The molecule has 1 aliphatic heterocycles. The second-order valence-corrected chi connectivity index (χ2v) is 9.70. The number of hydrogen-bond acceptors (Lipinski definition) is 6. The molecule has 9 heteroatoms. The third kappa shape index (κ3) is 4.91. The normalized spacial score (nSPS) is 14.0. The van der Waals surface area contributed by atoms with Crippen LogP contribution in [0.15, 0.2) is 55.0 Å². The maximum Gasteiger partial charge on any atom is 0.410 e. The van der Waals surface area contributed by atoms with Crippen molar-refractivity contribution in [1.82, 2.24) is 24.8 Å². The highest BCUT2D eigenvalue weighted by molar-refractivity contribution is 5.92. The van der Waals surface area contributed by atoms with Gasteiger partial charge in [-0.1, -0.05) is 6.08 Å². The van der Waals surface area contributed by atoms with Gasteiger partial charge in [0.1, 0.15) is 29.1 Å². The van der Waals surface area contributed by atoms with E-state index in [4.69, 9.17) is 9.47 Å². The van der Waals surface area contributed by atoms with Crippen LogP contribution in [0.4, 0.5) is 16.3 Å². The number of carbonyl (C=O) groups excluding carboxylic acids is 1. The van der Waals surface area contributed by atoms with Crippen LogP contribution in [-0.2, 0) is 4.74 Å². The van der Waals surface area contributed by atoms with Crippen LogP contribution in [0.5, 0.6) is 5.75 Å². The number of ether oxygens (including phenoxy) is 2. The molecule has 3 aromatic heterocycles. The van der Waals surface area contributed by atoms with E-state index in [2.05, 4.69) is 37.4 Å². The van der Waals surface area contributed by atoms with Gasteiger partial charge in [-0.25, -0.2) is 14.8 Å². The van der Waals surface area contributed by atoms with Gasteiger partial charge < -0.3 is 29.7 Å². The minimum atomic E-state index is -0.508.